The third-order valence-electron chi connectivity index (χ3n) is 3.90. The third kappa shape index (κ3) is 14.7. The number of nitro groups is 3. The number of hydrogen-bond donors (Lipinski definition) is 2. The van der Waals surface area contributed by atoms with Gasteiger partial charge in [-0.3, -0.25) is 30.3 Å². The second-order valence-electron chi connectivity index (χ2n) is 6.43. The minimum Gasteiger partial charge on any atom is -0.863 e. The van der Waals surface area contributed by atoms with Crippen LogP contribution >= 0.6 is 0 Å². The molecule has 3 aromatic carbocycles. The van der Waals surface area contributed by atoms with E-state index in [1.165, 1.54) is 11.1 Å². The van der Waals surface area contributed by atoms with Crippen molar-refractivity contribution in [1.29, 1.82) is 0 Å². The number of quaternary nitrogens is 2. The van der Waals surface area contributed by atoms with E-state index in [9.17, 15) is 35.4 Å². The Balaban J connectivity index is 0.000000518. The van der Waals surface area contributed by atoms with Gasteiger partial charge in [0.15, 0.2) is 0 Å². The minimum atomic E-state index is -4.94. The van der Waals surface area contributed by atoms with Crippen LogP contribution in [0.5, 0.6) is 5.75 Å². The monoisotopic (exact) mass is 543 g/mol. The van der Waals surface area contributed by atoms with Gasteiger partial charge in [-0.1, -0.05) is 60.7 Å². The second-order valence-corrected chi connectivity index (χ2v) is 7.19. The molecular formula is C20H22ClN5O11. The zero-order chi connectivity index (χ0) is 28.6. The first-order valence-electron chi connectivity index (χ1n) is 9.77. The lowest BCUT2D eigenvalue weighted by atomic mass is 10.2. The van der Waals surface area contributed by atoms with Gasteiger partial charge < -0.3 is 16.6 Å². The Morgan fingerprint density at radius 3 is 1.11 bits per heavy atom. The Bertz CT molecular complexity index is 1070. The van der Waals surface area contributed by atoms with Crippen molar-refractivity contribution < 1.29 is 60.2 Å². The fraction of sp³-hybridized carbons (Fsp3) is 0.100. The van der Waals surface area contributed by atoms with Crippen molar-refractivity contribution in [3.8, 4) is 5.75 Å². The van der Waals surface area contributed by atoms with Crippen molar-refractivity contribution in [3.05, 3.63) is 114 Å². The SMILES string of the molecule is O=[N+]([O-])c1cc([N+](=O)[O-])c([O-])c([N+](=O)[O-])c1.[NH3+]Cc1ccccc1.[NH3+]Cc1ccccc1.[O-][Cl+3]([O-])([O-])[O-]. The van der Waals surface area contributed by atoms with Crippen molar-refractivity contribution in [3.63, 3.8) is 0 Å². The molecule has 0 radical (unpaired) electrons. The van der Waals surface area contributed by atoms with Crippen molar-refractivity contribution in [2.45, 2.75) is 13.1 Å². The van der Waals surface area contributed by atoms with Crippen LogP contribution in [0.4, 0.5) is 17.1 Å². The van der Waals surface area contributed by atoms with Crippen LogP contribution in [-0.4, -0.2) is 14.8 Å². The molecule has 0 atom stereocenters. The minimum absolute atomic E-state index is 0.384. The van der Waals surface area contributed by atoms with Gasteiger partial charge in [0.05, 0.1) is 45.7 Å². The molecule has 3 rings (SSSR count). The Kier molecular flexibility index (Phi) is 14.5. The molecule has 6 N–H and O–H groups in total. The number of hydrogen-bond acceptors (Lipinski definition) is 11. The largest absolute Gasteiger partial charge is 0.863 e. The molecule has 0 saturated carbocycles. The molecule has 0 aliphatic rings. The topological polar surface area (TPSA) is 300 Å². The van der Waals surface area contributed by atoms with Gasteiger partial charge in [0, 0.05) is 11.1 Å². The quantitative estimate of drug-likeness (QED) is 0.235. The molecule has 17 heteroatoms. The number of nitrogens with zero attached hydrogens (tertiary/aromatic N) is 3. The van der Waals surface area contributed by atoms with Gasteiger partial charge in [-0.25, -0.2) is 18.6 Å². The third-order valence-corrected chi connectivity index (χ3v) is 3.90. The average molecular weight is 544 g/mol. The first kappa shape index (κ1) is 32.7. The van der Waals surface area contributed by atoms with Gasteiger partial charge in [0.2, 0.25) is 0 Å². The summed E-state index contributed by atoms with van der Waals surface area (Å²) in [6.07, 6.45) is 0. The van der Waals surface area contributed by atoms with Gasteiger partial charge in [0.25, 0.3) is 17.1 Å². The number of non-ortho nitro benzene ring substituents is 1. The first-order valence-corrected chi connectivity index (χ1v) is 11.0. The van der Waals surface area contributed by atoms with Gasteiger partial charge >= 0.3 is 0 Å². The second kappa shape index (κ2) is 16.4. The zero-order valence-corrected chi connectivity index (χ0v) is 19.7. The van der Waals surface area contributed by atoms with E-state index in [2.05, 4.69) is 35.7 Å². The molecule has 0 amide bonds. The first-order chi connectivity index (χ1) is 17.2. The summed E-state index contributed by atoms with van der Waals surface area (Å²) in [6, 6.07) is 21.2. The van der Waals surface area contributed by atoms with Crippen molar-refractivity contribution >= 4 is 17.1 Å². The van der Waals surface area contributed by atoms with E-state index in [1.807, 2.05) is 36.4 Å². The van der Waals surface area contributed by atoms with Gasteiger partial charge in [-0.15, -0.1) is 10.2 Å². The Hall–Kier alpha value is -4.29. The smallest absolute Gasteiger partial charge is 0.283 e. The maximum atomic E-state index is 11.1. The predicted octanol–water partition coefficient (Wildman–Crippen LogP) is -3.41. The standard InChI is InChI=1S/2C7H9N.C6H3N3O7.ClHO4/c2*8-6-7-4-2-1-3-5-7;10-6-4(8(13)14)1-3(7(11)12)2-5(6)9(15)16;2-1(3,4)5/h2*1-5H,6,8H2;1-2,10H;(H,2,3,4,5). The number of halogens is 1. The molecule has 37 heavy (non-hydrogen) atoms. The molecule has 0 spiro atoms. The van der Waals surface area contributed by atoms with Crippen LogP contribution in [0.1, 0.15) is 11.1 Å². The summed E-state index contributed by atoms with van der Waals surface area (Å²) < 4.78 is 34.0. The Morgan fingerprint density at radius 2 is 0.919 bits per heavy atom. The number of nitro benzene ring substituents is 3. The van der Waals surface area contributed by atoms with E-state index >= 15 is 0 Å². The van der Waals surface area contributed by atoms with Crippen LogP contribution in [0.2, 0.25) is 0 Å². The van der Waals surface area contributed by atoms with Crippen LogP contribution in [0, 0.1) is 40.6 Å². The molecule has 0 saturated heterocycles. The molecule has 200 valence electrons. The average Bonchev–Trinajstić information content (AvgIpc) is 2.84. The van der Waals surface area contributed by atoms with E-state index < -0.39 is 47.8 Å². The van der Waals surface area contributed by atoms with E-state index in [0.29, 0.717) is 12.1 Å². The highest BCUT2D eigenvalue weighted by atomic mass is 35.7. The molecular weight excluding hydrogens is 522 g/mol. The molecule has 0 aliphatic carbocycles. The van der Waals surface area contributed by atoms with Crippen LogP contribution in [0.3, 0.4) is 0 Å². The summed E-state index contributed by atoms with van der Waals surface area (Å²) in [4.78, 5) is 27.5. The molecule has 0 heterocycles. The van der Waals surface area contributed by atoms with Crippen molar-refractivity contribution in [1.82, 2.24) is 0 Å². The molecule has 0 bridgehead atoms. The molecule has 0 aliphatic heterocycles. The van der Waals surface area contributed by atoms with Crippen molar-refractivity contribution in [2.24, 2.45) is 0 Å². The predicted molar refractivity (Wildman–Crippen MR) is 112 cm³/mol. The Labute approximate surface area is 210 Å². The maximum absolute atomic E-state index is 11.1. The molecule has 0 aromatic heterocycles. The Morgan fingerprint density at radius 1 is 0.622 bits per heavy atom. The van der Waals surface area contributed by atoms with Crippen LogP contribution in [0.25, 0.3) is 0 Å². The zero-order valence-electron chi connectivity index (χ0n) is 19.0. The normalized spacial score (nSPS) is 9.78. The lowest BCUT2D eigenvalue weighted by molar-refractivity contribution is -2.00. The highest BCUT2D eigenvalue weighted by molar-refractivity contribution is 5.64. The summed E-state index contributed by atoms with van der Waals surface area (Å²) in [5.41, 5.74) is 6.85. The number of benzene rings is 3. The van der Waals surface area contributed by atoms with E-state index in [4.69, 9.17) is 18.6 Å². The summed E-state index contributed by atoms with van der Waals surface area (Å²) in [7, 11) is -4.94. The van der Waals surface area contributed by atoms with Crippen LogP contribution in [0.15, 0.2) is 72.8 Å². The van der Waals surface area contributed by atoms with Crippen LogP contribution in [-0.2, 0) is 13.1 Å². The highest BCUT2D eigenvalue weighted by Gasteiger charge is 2.24. The molecule has 0 unspecified atom stereocenters. The van der Waals surface area contributed by atoms with Gasteiger partial charge in [-0.2, -0.15) is 0 Å². The fourth-order valence-corrected chi connectivity index (χ4v) is 2.25. The maximum Gasteiger partial charge on any atom is 0.283 e. The van der Waals surface area contributed by atoms with E-state index in [-0.39, 0.29) is 0 Å². The van der Waals surface area contributed by atoms with Gasteiger partial charge in [-0.05, 0) is 0 Å². The molecule has 16 nitrogen and oxygen atoms in total. The fourth-order valence-electron chi connectivity index (χ4n) is 2.25. The van der Waals surface area contributed by atoms with Crippen LogP contribution < -0.4 is 35.2 Å². The van der Waals surface area contributed by atoms with Gasteiger partial charge in [0.1, 0.15) is 0 Å². The molecule has 3 aromatic rings. The lowest BCUT2D eigenvalue weighted by Gasteiger charge is -2.17. The number of rotatable bonds is 5. The summed E-state index contributed by atoms with van der Waals surface area (Å²) >= 11 is 0. The summed E-state index contributed by atoms with van der Waals surface area (Å²) in [5.74, 6) is -1.46. The summed E-state index contributed by atoms with van der Waals surface area (Å²) in [5, 5.41) is 42.1. The summed E-state index contributed by atoms with van der Waals surface area (Å²) in [6.45, 7) is 1.78. The lowest BCUT2D eigenvalue weighted by Crippen LogP contribution is -2.68. The van der Waals surface area contributed by atoms with E-state index in [1.54, 1.807) is 0 Å². The molecule has 0 fully saturated rings. The highest BCUT2D eigenvalue weighted by Crippen LogP contribution is 2.36. The van der Waals surface area contributed by atoms with Crippen molar-refractivity contribution in [2.75, 3.05) is 0 Å². The van der Waals surface area contributed by atoms with E-state index in [0.717, 1.165) is 13.1 Å².